The quantitative estimate of drug-likeness (QED) is 0.804. The van der Waals surface area contributed by atoms with E-state index < -0.39 is 23.4 Å². The topological polar surface area (TPSA) is 78.4 Å². The summed E-state index contributed by atoms with van der Waals surface area (Å²) in [7, 11) is 0. The van der Waals surface area contributed by atoms with Crippen molar-refractivity contribution in [1.82, 2.24) is 0 Å². The molecule has 0 atom stereocenters. The molecule has 0 saturated carbocycles. The SMILES string of the molecule is O=C(Nc1ccccc1)Nc1cccc(F)c1C(=O)O. The van der Waals surface area contributed by atoms with Gasteiger partial charge in [0, 0.05) is 5.69 Å². The summed E-state index contributed by atoms with van der Waals surface area (Å²) in [4.78, 5) is 22.7. The molecule has 102 valence electrons. The molecule has 2 aromatic carbocycles. The molecule has 0 radical (unpaired) electrons. The molecule has 2 amide bonds. The number of urea groups is 1. The molecule has 0 aliphatic carbocycles. The maximum atomic E-state index is 13.4. The molecule has 0 spiro atoms. The Kier molecular flexibility index (Phi) is 3.95. The monoisotopic (exact) mass is 274 g/mol. The van der Waals surface area contributed by atoms with Crippen molar-refractivity contribution in [2.75, 3.05) is 10.6 Å². The van der Waals surface area contributed by atoms with Crippen LogP contribution in [0, 0.1) is 5.82 Å². The zero-order valence-corrected chi connectivity index (χ0v) is 10.3. The van der Waals surface area contributed by atoms with Gasteiger partial charge in [0.25, 0.3) is 0 Å². The van der Waals surface area contributed by atoms with Crippen LogP contribution in [0.1, 0.15) is 10.4 Å². The van der Waals surface area contributed by atoms with Gasteiger partial charge in [0.15, 0.2) is 0 Å². The Labute approximate surface area is 114 Å². The lowest BCUT2D eigenvalue weighted by Gasteiger charge is -2.10. The highest BCUT2D eigenvalue weighted by Gasteiger charge is 2.17. The molecule has 0 aromatic heterocycles. The van der Waals surface area contributed by atoms with Crippen molar-refractivity contribution in [1.29, 1.82) is 0 Å². The Morgan fingerprint density at radius 1 is 0.950 bits per heavy atom. The fourth-order valence-electron chi connectivity index (χ4n) is 1.65. The molecule has 0 fully saturated rings. The first-order valence-corrected chi connectivity index (χ1v) is 5.73. The van der Waals surface area contributed by atoms with Gasteiger partial charge in [0.1, 0.15) is 11.4 Å². The van der Waals surface area contributed by atoms with Crippen LogP contribution in [0.25, 0.3) is 0 Å². The van der Waals surface area contributed by atoms with Crippen LogP contribution in [-0.4, -0.2) is 17.1 Å². The van der Waals surface area contributed by atoms with Crippen LogP contribution in [0.15, 0.2) is 48.5 Å². The lowest BCUT2D eigenvalue weighted by atomic mass is 10.1. The third-order valence-electron chi connectivity index (χ3n) is 2.51. The van der Waals surface area contributed by atoms with Crippen molar-refractivity contribution in [2.45, 2.75) is 0 Å². The molecule has 0 heterocycles. The maximum Gasteiger partial charge on any atom is 0.340 e. The molecule has 3 N–H and O–H groups in total. The van der Waals surface area contributed by atoms with Gasteiger partial charge in [-0.25, -0.2) is 14.0 Å². The average Bonchev–Trinajstić information content (AvgIpc) is 2.39. The lowest BCUT2D eigenvalue weighted by Crippen LogP contribution is -2.21. The van der Waals surface area contributed by atoms with E-state index in [1.807, 2.05) is 0 Å². The number of aromatic carboxylic acids is 1. The zero-order chi connectivity index (χ0) is 14.5. The first-order chi connectivity index (χ1) is 9.58. The van der Waals surface area contributed by atoms with Crippen LogP contribution in [0.5, 0.6) is 0 Å². The highest BCUT2D eigenvalue weighted by molar-refractivity contribution is 6.04. The fraction of sp³-hybridized carbons (Fsp3) is 0. The number of anilines is 2. The number of hydrogen-bond donors (Lipinski definition) is 3. The second kappa shape index (κ2) is 5.83. The largest absolute Gasteiger partial charge is 0.478 e. The Bertz CT molecular complexity index is 644. The van der Waals surface area contributed by atoms with Crippen LogP contribution in [0.4, 0.5) is 20.6 Å². The van der Waals surface area contributed by atoms with E-state index in [4.69, 9.17) is 5.11 Å². The molecule has 2 aromatic rings. The molecule has 0 saturated heterocycles. The second-order valence-corrected chi connectivity index (χ2v) is 3.91. The molecule has 2 rings (SSSR count). The van der Waals surface area contributed by atoms with E-state index in [1.165, 1.54) is 12.1 Å². The minimum Gasteiger partial charge on any atom is -0.478 e. The summed E-state index contributed by atoms with van der Waals surface area (Å²) < 4.78 is 13.4. The summed E-state index contributed by atoms with van der Waals surface area (Å²) in [5, 5.41) is 13.8. The Hall–Kier alpha value is -2.89. The van der Waals surface area contributed by atoms with E-state index in [1.54, 1.807) is 30.3 Å². The summed E-state index contributed by atoms with van der Waals surface area (Å²) >= 11 is 0. The highest BCUT2D eigenvalue weighted by Crippen LogP contribution is 2.19. The third-order valence-corrected chi connectivity index (χ3v) is 2.51. The van der Waals surface area contributed by atoms with Gasteiger partial charge in [-0.3, -0.25) is 0 Å². The van der Waals surface area contributed by atoms with Gasteiger partial charge in [-0.15, -0.1) is 0 Å². The molecule has 20 heavy (non-hydrogen) atoms. The van der Waals surface area contributed by atoms with Crippen molar-refractivity contribution in [3.63, 3.8) is 0 Å². The predicted octanol–water partition coefficient (Wildman–Crippen LogP) is 3.17. The van der Waals surface area contributed by atoms with Crippen LogP contribution in [0.2, 0.25) is 0 Å². The number of halogens is 1. The average molecular weight is 274 g/mol. The predicted molar refractivity (Wildman–Crippen MR) is 72.4 cm³/mol. The lowest BCUT2D eigenvalue weighted by molar-refractivity contribution is 0.0693. The number of amides is 2. The number of benzene rings is 2. The summed E-state index contributed by atoms with van der Waals surface area (Å²) in [6.45, 7) is 0. The van der Waals surface area contributed by atoms with E-state index in [0.717, 1.165) is 6.07 Å². The van der Waals surface area contributed by atoms with E-state index in [0.29, 0.717) is 5.69 Å². The van der Waals surface area contributed by atoms with Gasteiger partial charge in [-0.1, -0.05) is 24.3 Å². The fourth-order valence-corrected chi connectivity index (χ4v) is 1.65. The molecule has 0 bridgehead atoms. The number of carboxylic acid groups (broad SMARTS) is 1. The van der Waals surface area contributed by atoms with Crippen molar-refractivity contribution < 1.29 is 19.1 Å². The minimum absolute atomic E-state index is 0.106. The van der Waals surface area contributed by atoms with Crippen LogP contribution < -0.4 is 10.6 Å². The number of rotatable bonds is 3. The first kappa shape index (κ1) is 13.5. The van der Waals surface area contributed by atoms with Gasteiger partial charge >= 0.3 is 12.0 Å². The van der Waals surface area contributed by atoms with Gasteiger partial charge in [-0.2, -0.15) is 0 Å². The highest BCUT2D eigenvalue weighted by atomic mass is 19.1. The van der Waals surface area contributed by atoms with Gasteiger partial charge in [0.2, 0.25) is 0 Å². The molecular formula is C14H11FN2O3. The summed E-state index contributed by atoms with van der Waals surface area (Å²) in [6, 6.07) is 11.6. The van der Waals surface area contributed by atoms with Crippen LogP contribution in [-0.2, 0) is 0 Å². The van der Waals surface area contributed by atoms with Crippen LogP contribution >= 0.6 is 0 Å². The number of carbonyl (C=O) groups is 2. The summed E-state index contributed by atoms with van der Waals surface area (Å²) in [6.07, 6.45) is 0. The van der Waals surface area contributed by atoms with E-state index >= 15 is 0 Å². The van der Waals surface area contributed by atoms with Gasteiger partial charge < -0.3 is 15.7 Å². The normalized spacial score (nSPS) is 9.85. The molecule has 5 nitrogen and oxygen atoms in total. The molecule has 6 heteroatoms. The third kappa shape index (κ3) is 3.11. The van der Waals surface area contributed by atoms with Crippen molar-refractivity contribution in [3.05, 3.63) is 59.9 Å². The number of para-hydroxylation sites is 1. The summed E-state index contributed by atoms with van der Waals surface area (Å²) in [5.74, 6) is -2.35. The number of nitrogens with one attached hydrogen (secondary N) is 2. The minimum atomic E-state index is -1.45. The van der Waals surface area contributed by atoms with Gasteiger partial charge in [-0.05, 0) is 24.3 Å². The second-order valence-electron chi connectivity index (χ2n) is 3.91. The van der Waals surface area contributed by atoms with E-state index in [9.17, 15) is 14.0 Å². The number of carboxylic acids is 1. The Morgan fingerprint density at radius 2 is 1.65 bits per heavy atom. The van der Waals surface area contributed by atoms with E-state index in [-0.39, 0.29) is 5.69 Å². The Morgan fingerprint density at radius 3 is 2.30 bits per heavy atom. The smallest absolute Gasteiger partial charge is 0.340 e. The maximum absolute atomic E-state index is 13.4. The Balaban J connectivity index is 2.16. The van der Waals surface area contributed by atoms with Crippen molar-refractivity contribution in [2.24, 2.45) is 0 Å². The summed E-state index contributed by atoms with van der Waals surface area (Å²) in [5.41, 5.74) is -0.139. The molecular weight excluding hydrogens is 263 g/mol. The molecule has 0 unspecified atom stereocenters. The van der Waals surface area contributed by atoms with Crippen LogP contribution in [0.3, 0.4) is 0 Å². The molecule has 0 aliphatic rings. The van der Waals surface area contributed by atoms with Crippen molar-refractivity contribution >= 4 is 23.4 Å². The number of hydrogen-bond acceptors (Lipinski definition) is 2. The molecule has 0 aliphatic heterocycles. The number of carbonyl (C=O) groups excluding carboxylic acids is 1. The zero-order valence-electron chi connectivity index (χ0n) is 10.3. The van der Waals surface area contributed by atoms with Gasteiger partial charge in [0.05, 0.1) is 5.69 Å². The van der Waals surface area contributed by atoms with Crippen molar-refractivity contribution in [3.8, 4) is 0 Å². The first-order valence-electron chi connectivity index (χ1n) is 5.73. The van der Waals surface area contributed by atoms with E-state index in [2.05, 4.69) is 10.6 Å². The standard InChI is InChI=1S/C14H11FN2O3/c15-10-7-4-8-11(12(10)13(18)19)17-14(20)16-9-5-2-1-3-6-9/h1-8H,(H,18,19)(H2,16,17,20).